The quantitative estimate of drug-likeness (QED) is 0.930. The van der Waals surface area contributed by atoms with Crippen molar-refractivity contribution in [3.8, 4) is 0 Å². The lowest BCUT2D eigenvalue weighted by atomic mass is 10.1. The van der Waals surface area contributed by atoms with Crippen molar-refractivity contribution in [2.75, 3.05) is 7.05 Å². The molecule has 0 radical (unpaired) electrons. The second kappa shape index (κ2) is 6.24. The Hall–Kier alpha value is -1.59. The number of nitrogens with one attached hydrogen (secondary N) is 1. The van der Waals surface area contributed by atoms with Gasteiger partial charge in [-0.25, -0.2) is 5.01 Å². The summed E-state index contributed by atoms with van der Waals surface area (Å²) in [6.45, 7) is 0.283. The molecule has 0 unspecified atom stereocenters. The van der Waals surface area contributed by atoms with Crippen LogP contribution in [-0.4, -0.2) is 29.6 Å². The Labute approximate surface area is 126 Å². The van der Waals surface area contributed by atoms with Gasteiger partial charge in [0.25, 0.3) is 5.91 Å². The molecule has 2 rings (SSSR count). The van der Waals surface area contributed by atoms with Crippen molar-refractivity contribution in [2.24, 2.45) is 5.10 Å². The van der Waals surface area contributed by atoms with Crippen molar-refractivity contribution < 1.29 is 9.59 Å². The van der Waals surface area contributed by atoms with E-state index in [0.717, 1.165) is 5.56 Å². The number of hydrogen-bond acceptors (Lipinski definition) is 3. The number of halogens is 2. The highest BCUT2D eigenvalue weighted by atomic mass is 35.5. The van der Waals surface area contributed by atoms with Crippen molar-refractivity contribution >= 4 is 40.7 Å². The number of carbonyl (C=O) groups excluding carboxylic acids is 2. The summed E-state index contributed by atoms with van der Waals surface area (Å²) in [5.41, 5.74) is 1.11. The van der Waals surface area contributed by atoms with Crippen LogP contribution in [0.3, 0.4) is 0 Å². The molecular weight excluding hydrogens is 301 g/mol. The van der Waals surface area contributed by atoms with Crippen LogP contribution < -0.4 is 5.32 Å². The summed E-state index contributed by atoms with van der Waals surface area (Å²) in [5, 5.41) is 8.90. The second-order valence-corrected chi connectivity index (χ2v) is 5.23. The van der Waals surface area contributed by atoms with E-state index in [2.05, 4.69) is 10.4 Å². The smallest absolute Gasteiger partial charge is 0.267 e. The van der Waals surface area contributed by atoms with E-state index in [1.807, 2.05) is 0 Å². The van der Waals surface area contributed by atoms with Gasteiger partial charge in [0.2, 0.25) is 5.91 Å². The first-order chi connectivity index (χ1) is 9.47. The van der Waals surface area contributed by atoms with E-state index < -0.39 is 0 Å². The molecule has 1 N–H and O–H groups in total. The van der Waals surface area contributed by atoms with Crippen LogP contribution in [0.1, 0.15) is 18.4 Å². The number of benzene rings is 1. The lowest BCUT2D eigenvalue weighted by Crippen LogP contribution is -2.37. The van der Waals surface area contributed by atoms with E-state index in [1.165, 1.54) is 12.1 Å². The molecule has 0 fully saturated rings. The van der Waals surface area contributed by atoms with Gasteiger partial charge in [-0.05, 0) is 17.7 Å². The van der Waals surface area contributed by atoms with E-state index >= 15 is 0 Å². The molecule has 5 nitrogen and oxygen atoms in total. The van der Waals surface area contributed by atoms with Crippen LogP contribution >= 0.6 is 23.2 Å². The molecular formula is C13H13Cl2N3O2. The summed E-state index contributed by atoms with van der Waals surface area (Å²) < 4.78 is 0. The average Bonchev–Trinajstić information content (AvgIpc) is 2.40. The normalized spacial score (nSPS) is 15.1. The zero-order valence-corrected chi connectivity index (χ0v) is 12.3. The van der Waals surface area contributed by atoms with Crippen LogP contribution in [-0.2, 0) is 16.1 Å². The zero-order valence-electron chi connectivity index (χ0n) is 10.8. The summed E-state index contributed by atoms with van der Waals surface area (Å²) in [7, 11) is 1.53. The van der Waals surface area contributed by atoms with Gasteiger partial charge in [0.15, 0.2) is 0 Å². The van der Waals surface area contributed by atoms with Gasteiger partial charge in [0.05, 0.1) is 0 Å². The minimum atomic E-state index is -0.296. The molecule has 0 aliphatic carbocycles. The second-order valence-electron chi connectivity index (χ2n) is 4.38. The van der Waals surface area contributed by atoms with Gasteiger partial charge >= 0.3 is 0 Å². The van der Waals surface area contributed by atoms with E-state index in [4.69, 9.17) is 23.2 Å². The molecule has 0 aromatic heterocycles. The lowest BCUT2D eigenvalue weighted by molar-refractivity contribution is -0.130. The lowest BCUT2D eigenvalue weighted by Gasteiger charge is -2.19. The highest BCUT2D eigenvalue weighted by Crippen LogP contribution is 2.20. The molecule has 1 aliphatic rings. The maximum atomic E-state index is 12.0. The highest BCUT2D eigenvalue weighted by molar-refractivity contribution is 6.39. The summed E-state index contributed by atoms with van der Waals surface area (Å²) in [6.07, 6.45) is 0.647. The molecule has 20 heavy (non-hydrogen) atoms. The third kappa shape index (κ3) is 3.49. The maximum absolute atomic E-state index is 12.0. The van der Waals surface area contributed by atoms with Gasteiger partial charge in [0.1, 0.15) is 5.71 Å². The van der Waals surface area contributed by atoms with E-state index in [9.17, 15) is 9.59 Å². The predicted octanol–water partition coefficient (Wildman–Crippen LogP) is 2.22. The number of rotatable bonds is 3. The molecule has 106 valence electrons. The van der Waals surface area contributed by atoms with Crippen molar-refractivity contribution in [1.82, 2.24) is 10.3 Å². The fraction of sp³-hybridized carbons (Fsp3) is 0.308. The van der Waals surface area contributed by atoms with Crippen LogP contribution in [0.4, 0.5) is 0 Å². The summed E-state index contributed by atoms with van der Waals surface area (Å²) in [5.74, 6) is -0.391. The number of amides is 2. The number of hydrazone groups is 1. The Kier molecular flexibility index (Phi) is 4.62. The number of hydrogen-bond donors (Lipinski definition) is 1. The summed E-state index contributed by atoms with van der Waals surface area (Å²) in [6, 6.07) is 5.08. The first-order valence-electron chi connectivity index (χ1n) is 6.03. The molecule has 0 saturated carbocycles. The van der Waals surface area contributed by atoms with Crippen LogP contribution in [0.15, 0.2) is 23.3 Å². The standard InChI is InChI=1S/C13H13Cl2N3O2/c1-18-12(19)5-4-11(17-18)13(20)16-7-8-2-3-9(14)6-10(8)15/h2-3,6H,4-5,7H2,1H3,(H,16,20). The highest BCUT2D eigenvalue weighted by Gasteiger charge is 2.21. The van der Waals surface area contributed by atoms with Gasteiger partial charge in [-0.1, -0.05) is 29.3 Å². The Balaban J connectivity index is 1.99. The van der Waals surface area contributed by atoms with Gasteiger partial charge in [-0.3, -0.25) is 9.59 Å². The van der Waals surface area contributed by atoms with Crippen LogP contribution in [0.5, 0.6) is 0 Å². The summed E-state index contributed by atoms with van der Waals surface area (Å²) in [4.78, 5) is 23.2. The third-order valence-corrected chi connectivity index (χ3v) is 3.51. The van der Waals surface area contributed by atoms with Gasteiger partial charge in [-0.15, -0.1) is 0 Å². The molecule has 1 aliphatic heterocycles. The molecule has 2 amide bonds. The van der Waals surface area contributed by atoms with Gasteiger partial charge in [-0.2, -0.15) is 5.10 Å². The first-order valence-corrected chi connectivity index (χ1v) is 6.79. The molecule has 1 aromatic carbocycles. The Bertz CT molecular complexity index is 587. The third-order valence-electron chi connectivity index (χ3n) is 2.92. The van der Waals surface area contributed by atoms with Gasteiger partial charge in [0, 0.05) is 36.5 Å². The topological polar surface area (TPSA) is 61.8 Å². The van der Waals surface area contributed by atoms with Gasteiger partial charge < -0.3 is 5.32 Å². The Morgan fingerprint density at radius 3 is 2.80 bits per heavy atom. The molecule has 7 heteroatoms. The number of nitrogens with zero attached hydrogens (tertiary/aromatic N) is 2. The average molecular weight is 314 g/mol. The largest absolute Gasteiger partial charge is 0.347 e. The molecule has 0 atom stereocenters. The van der Waals surface area contributed by atoms with E-state index in [0.29, 0.717) is 28.6 Å². The maximum Gasteiger partial charge on any atom is 0.267 e. The minimum Gasteiger partial charge on any atom is -0.347 e. The van der Waals surface area contributed by atoms with Crippen LogP contribution in [0, 0.1) is 0 Å². The molecule has 0 bridgehead atoms. The predicted molar refractivity (Wildman–Crippen MR) is 77.7 cm³/mol. The van der Waals surface area contributed by atoms with Crippen molar-refractivity contribution in [3.63, 3.8) is 0 Å². The molecule has 1 heterocycles. The molecule has 0 spiro atoms. The SMILES string of the molecule is CN1N=C(C(=O)NCc2ccc(Cl)cc2Cl)CCC1=O. The molecule has 0 saturated heterocycles. The fourth-order valence-corrected chi connectivity index (χ4v) is 2.25. The number of carbonyl (C=O) groups is 2. The van der Waals surface area contributed by atoms with Crippen LogP contribution in [0.25, 0.3) is 0 Å². The minimum absolute atomic E-state index is 0.0951. The van der Waals surface area contributed by atoms with E-state index in [1.54, 1.807) is 18.2 Å². The van der Waals surface area contributed by atoms with Crippen molar-refractivity contribution in [2.45, 2.75) is 19.4 Å². The molecule has 1 aromatic rings. The van der Waals surface area contributed by atoms with Crippen molar-refractivity contribution in [1.29, 1.82) is 0 Å². The fourth-order valence-electron chi connectivity index (χ4n) is 1.78. The monoisotopic (exact) mass is 313 g/mol. The summed E-state index contributed by atoms with van der Waals surface area (Å²) >= 11 is 11.8. The van der Waals surface area contributed by atoms with Crippen LogP contribution in [0.2, 0.25) is 10.0 Å². The Morgan fingerprint density at radius 2 is 2.15 bits per heavy atom. The van der Waals surface area contributed by atoms with E-state index in [-0.39, 0.29) is 18.4 Å². The Morgan fingerprint density at radius 1 is 1.40 bits per heavy atom. The van der Waals surface area contributed by atoms with Crippen molar-refractivity contribution in [3.05, 3.63) is 33.8 Å². The zero-order chi connectivity index (χ0) is 14.7. The first kappa shape index (κ1) is 14.8.